The van der Waals surface area contributed by atoms with Gasteiger partial charge in [0.2, 0.25) is 0 Å². The predicted octanol–water partition coefficient (Wildman–Crippen LogP) is 4.80. The van der Waals surface area contributed by atoms with Gasteiger partial charge < -0.3 is 0 Å². The molecule has 0 radical (unpaired) electrons. The molecule has 0 saturated carbocycles. The van der Waals surface area contributed by atoms with Gasteiger partial charge in [0, 0.05) is 0 Å². The second-order valence-corrected chi connectivity index (χ2v) is 7.18. The molecule has 0 aromatic rings. The van der Waals surface area contributed by atoms with Crippen molar-refractivity contribution in [3.05, 3.63) is 0 Å². The number of nitrogens with zero attached hydrogens (tertiary/aromatic N) is 3. The number of hydrogen-bond donors (Lipinski definition) is 0. The van der Waals surface area contributed by atoms with E-state index in [-0.39, 0.29) is 0 Å². The third kappa shape index (κ3) is 1.83. The summed E-state index contributed by atoms with van der Waals surface area (Å²) in [6.45, 7) is 0. The van der Waals surface area contributed by atoms with Crippen LogP contribution in [0.3, 0.4) is 0 Å². The van der Waals surface area contributed by atoms with E-state index in [2.05, 4.69) is 0 Å². The van der Waals surface area contributed by atoms with Crippen LogP contribution in [0.2, 0.25) is 0 Å². The molecule has 1 rings (SSSR count). The molecule has 80 valence electrons. The molecule has 0 saturated heterocycles. The molecule has 0 bridgehead atoms. The van der Waals surface area contributed by atoms with Crippen LogP contribution in [-0.4, -0.2) is 9.33 Å². The van der Waals surface area contributed by atoms with Gasteiger partial charge in [0.15, 0.2) is 0 Å². The molecule has 13 heteroatoms. The van der Waals surface area contributed by atoms with E-state index in [1.54, 1.807) is 4.52 Å². The summed E-state index contributed by atoms with van der Waals surface area (Å²) in [7, 11) is -17.1. The van der Waals surface area contributed by atoms with Crippen LogP contribution in [0.1, 0.15) is 0 Å². The standard InChI is InChI=1S/F7HN3P3/c1-9-11(3)8-12(4,5)10(2)13(9,6)7/h13H. The van der Waals surface area contributed by atoms with Crippen LogP contribution >= 0.6 is 24.5 Å². The Morgan fingerprint density at radius 1 is 1.23 bits per heavy atom. The summed E-state index contributed by atoms with van der Waals surface area (Å²) in [5.74, 6) is 0. The maximum atomic E-state index is 12.2. The van der Waals surface area contributed by atoms with Crippen molar-refractivity contribution in [2.75, 3.05) is 0 Å². The van der Waals surface area contributed by atoms with Crippen LogP contribution in [0.25, 0.3) is 0 Å². The molecule has 0 amide bonds. The fraction of sp³-hybridized carbons (Fsp3) is 0. The third-order valence-electron chi connectivity index (χ3n) is 0.982. The Labute approximate surface area is 69.4 Å². The Kier molecular flexibility index (Phi) is 2.92. The molecule has 1 aliphatic rings. The van der Waals surface area contributed by atoms with Crippen molar-refractivity contribution in [1.82, 2.24) is 9.33 Å². The zero-order chi connectivity index (χ0) is 10.4. The molecule has 1 aliphatic heterocycles. The molecule has 1 unspecified atom stereocenters. The van der Waals surface area contributed by atoms with E-state index in [0.29, 0.717) is 0 Å². The average Bonchev–Trinajstić information content (AvgIpc) is 1.98. The molecule has 13 heavy (non-hydrogen) atoms. The van der Waals surface area contributed by atoms with Gasteiger partial charge in [-0.3, -0.25) is 0 Å². The summed E-state index contributed by atoms with van der Waals surface area (Å²) in [5.41, 5.74) is 0. The van der Waals surface area contributed by atoms with Crippen molar-refractivity contribution >= 4 is 24.5 Å². The number of rotatable bonds is 0. The predicted molar refractivity (Wildman–Crippen MR) is 36.0 cm³/mol. The molecule has 0 aliphatic carbocycles. The van der Waals surface area contributed by atoms with Crippen LogP contribution in [0.5, 0.6) is 0 Å². The minimum atomic E-state index is -6.80. The van der Waals surface area contributed by atoms with Crippen molar-refractivity contribution in [3.8, 4) is 0 Å². The second kappa shape index (κ2) is 3.28. The number of hydrogen-bond acceptors (Lipinski definition) is 3. The summed E-state index contributed by atoms with van der Waals surface area (Å²) in [5, 5.41) is 0. The van der Waals surface area contributed by atoms with Crippen molar-refractivity contribution < 1.29 is 29.9 Å². The van der Waals surface area contributed by atoms with Gasteiger partial charge in [-0.05, 0) is 0 Å². The first-order valence-electron chi connectivity index (χ1n) is 2.47. The first-order chi connectivity index (χ1) is 5.69. The van der Waals surface area contributed by atoms with Gasteiger partial charge in [-0.15, -0.1) is 0 Å². The van der Waals surface area contributed by atoms with E-state index in [9.17, 15) is 29.9 Å². The molecule has 0 N–H and O–H groups in total. The first-order valence-corrected chi connectivity index (χ1v) is 6.73. The summed E-state index contributed by atoms with van der Waals surface area (Å²) in [4.78, 5) is 0. The zero-order valence-corrected chi connectivity index (χ0v) is 8.17. The Morgan fingerprint density at radius 2 is 1.69 bits per heavy atom. The van der Waals surface area contributed by atoms with E-state index in [0.717, 1.165) is 0 Å². The molecule has 0 aromatic heterocycles. The fourth-order valence-corrected chi connectivity index (χ4v) is 5.23. The van der Waals surface area contributed by atoms with E-state index in [1.807, 2.05) is 0 Å². The van der Waals surface area contributed by atoms with Crippen LogP contribution < -0.4 is 0 Å². The van der Waals surface area contributed by atoms with Crippen LogP contribution in [0.15, 0.2) is 4.52 Å². The second-order valence-electron chi connectivity index (χ2n) is 1.82. The molecular formula is HF7N3P3. The molecule has 1 heterocycles. The number of halogens is 7. The quantitative estimate of drug-likeness (QED) is 0.357. The molecule has 0 fully saturated rings. The van der Waals surface area contributed by atoms with Gasteiger partial charge in [-0.2, -0.15) is 0 Å². The normalized spacial score (nSPS) is 36.7. The van der Waals surface area contributed by atoms with E-state index in [4.69, 9.17) is 0 Å². The van der Waals surface area contributed by atoms with Crippen LogP contribution in [-0.2, 0) is 0 Å². The average molecular weight is 269 g/mol. The first kappa shape index (κ1) is 11.6. The Morgan fingerprint density at radius 3 is 2.15 bits per heavy atom. The summed E-state index contributed by atoms with van der Waals surface area (Å²) in [6, 6.07) is 0. The summed E-state index contributed by atoms with van der Waals surface area (Å²) < 4.78 is 82.7. The minimum absolute atomic E-state index is 1.70. The fourth-order valence-electron chi connectivity index (χ4n) is 0.471. The summed E-state index contributed by atoms with van der Waals surface area (Å²) >= 11 is 0. The Bertz CT molecular complexity index is 258. The summed E-state index contributed by atoms with van der Waals surface area (Å²) in [6.07, 6.45) is 0. The van der Waals surface area contributed by atoms with Gasteiger partial charge in [0.05, 0.1) is 0 Å². The SMILES string of the molecule is FN1P(F)N=P(F)(F)N(F)[PH]1(F)F. The van der Waals surface area contributed by atoms with Gasteiger partial charge in [0.1, 0.15) is 0 Å². The van der Waals surface area contributed by atoms with E-state index >= 15 is 0 Å². The van der Waals surface area contributed by atoms with Gasteiger partial charge in [0.25, 0.3) is 0 Å². The van der Waals surface area contributed by atoms with Crippen molar-refractivity contribution in [2.45, 2.75) is 0 Å². The maximum absolute atomic E-state index is 12.2. The molecule has 0 spiro atoms. The van der Waals surface area contributed by atoms with Crippen molar-refractivity contribution in [1.29, 1.82) is 0 Å². The molecule has 3 nitrogen and oxygen atoms in total. The third-order valence-corrected chi connectivity index (χ3v) is 6.69. The van der Waals surface area contributed by atoms with E-state index in [1.165, 1.54) is 0 Å². The molecular weight excluding hydrogens is 268 g/mol. The van der Waals surface area contributed by atoms with Gasteiger partial charge >= 0.3 is 68.3 Å². The van der Waals surface area contributed by atoms with Crippen molar-refractivity contribution in [2.24, 2.45) is 4.52 Å². The molecule has 1 atom stereocenters. The van der Waals surface area contributed by atoms with Crippen LogP contribution in [0.4, 0.5) is 29.9 Å². The monoisotopic (exact) mass is 269 g/mol. The van der Waals surface area contributed by atoms with Crippen molar-refractivity contribution in [3.63, 3.8) is 0 Å². The molecule has 0 aromatic carbocycles. The Hall–Kier alpha value is 0.520. The Balaban J connectivity index is 3.17. The zero-order valence-electron chi connectivity index (χ0n) is 5.38. The van der Waals surface area contributed by atoms with E-state index < -0.39 is 33.9 Å². The van der Waals surface area contributed by atoms with Crippen LogP contribution in [0, 0.1) is 0 Å². The van der Waals surface area contributed by atoms with Gasteiger partial charge in [-0.1, -0.05) is 0 Å². The van der Waals surface area contributed by atoms with Gasteiger partial charge in [-0.25, -0.2) is 0 Å². The topological polar surface area (TPSA) is 18.8 Å².